The van der Waals surface area contributed by atoms with Crippen LogP contribution in [0, 0.1) is 0 Å². The molecular formula is C16H25N3O2S. The summed E-state index contributed by atoms with van der Waals surface area (Å²) < 4.78 is 10.9. The average molecular weight is 323 g/mol. The van der Waals surface area contributed by atoms with E-state index in [4.69, 9.17) is 21.7 Å². The van der Waals surface area contributed by atoms with Crippen LogP contribution in [0.5, 0.6) is 5.88 Å². The van der Waals surface area contributed by atoms with Gasteiger partial charge < -0.3 is 20.1 Å². The molecule has 1 aliphatic rings. The SMILES string of the molecule is COc1ccc(NC(=S)NCCCOC2CCCCC2)cn1. The molecule has 0 aliphatic heterocycles. The molecule has 1 aromatic heterocycles. The Morgan fingerprint density at radius 2 is 2.14 bits per heavy atom. The van der Waals surface area contributed by atoms with E-state index < -0.39 is 0 Å². The number of hydrogen-bond acceptors (Lipinski definition) is 4. The zero-order chi connectivity index (χ0) is 15.6. The largest absolute Gasteiger partial charge is 0.481 e. The predicted molar refractivity (Wildman–Crippen MR) is 92.5 cm³/mol. The maximum absolute atomic E-state index is 5.88. The predicted octanol–water partition coefficient (Wildman–Crippen LogP) is 3.12. The van der Waals surface area contributed by atoms with Crippen LogP contribution in [0.15, 0.2) is 18.3 Å². The molecule has 22 heavy (non-hydrogen) atoms. The topological polar surface area (TPSA) is 55.4 Å². The third kappa shape index (κ3) is 6.15. The zero-order valence-electron chi connectivity index (χ0n) is 13.1. The summed E-state index contributed by atoms with van der Waals surface area (Å²) in [5.41, 5.74) is 0.844. The van der Waals surface area contributed by atoms with E-state index in [9.17, 15) is 0 Å². The van der Waals surface area contributed by atoms with Crippen LogP contribution in [0.4, 0.5) is 5.69 Å². The Hall–Kier alpha value is -1.40. The van der Waals surface area contributed by atoms with E-state index in [2.05, 4.69) is 15.6 Å². The third-order valence-corrected chi connectivity index (χ3v) is 3.96. The average Bonchev–Trinajstić information content (AvgIpc) is 2.56. The van der Waals surface area contributed by atoms with Crippen LogP contribution in [-0.2, 0) is 4.74 Å². The van der Waals surface area contributed by atoms with E-state index in [-0.39, 0.29) is 0 Å². The smallest absolute Gasteiger partial charge is 0.213 e. The Balaban J connectivity index is 1.55. The first kappa shape index (κ1) is 17.0. The molecule has 1 aliphatic carbocycles. The lowest BCUT2D eigenvalue weighted by Crippen LogP contribution is -2.30. The van der Waals surface area contributed by atoms with Crippen molar-refractivity contribution in [2.24, 2.45) is 0 Å². The second-order valence-electron chi connectivity index (χ2n) is 5.45. The van der Waals surface area contributed by atoms with Crippen molar-refractivity contribution in [3.05, 3.63) is 18.3 Å². The van der Waals surface area contributed by atoms with Gasteiger partial charge in [0.05, 0.1) is 25.1 Å². The Morgan fingerprint density at radius 3 is 2.82 bits per heavy atom. The van der Waals surface area contributed by atoms with Crippen LogP contribution in [0.25, 0.3) is 0 Å². The van der Waals surface area contributed by atoms with Crippen molar-refractivity contribution in [2.45, 2.75) is 44.6 Å². The Kier molecular flexibility index (Phi) is 7.39. The minimum absolute atomic E-state index is 0.476. The normalized spacial score (nSPS) is 15.3. The molecule has 1 heterocycles. The molecule has 0 aromatic carbocycles. The fourth-order valence-electron chi connectivity index (χ4n) is 2.51. The van der Waals surface area contributed by atoms with Crippen LogP contribution in [0.1, 0.15) is 38.5 Å². The first-order valence-electron chi connectivity index (χ1n) is 7.94. The molecule has 6 heteroatoms. The van der Waals surface area contributed by atoms with E-state index in [1.165, 1.54) is 32.1 Å². The molecule has 1 aromatic rings. The summed E-state index contributed by atoms with van der Waals surface area (Å²) in [4.78, 5) is 4.12. The standard InChI is InChI=1S/C16H25N3O2S/c1-20-15-9-8-13(12-18-15)19-16(22)17-10-5-11-21-14-6-3-2-4-7-14/h8-9,12,14H,2-7,10-11H2,1H3,(H2,17,19,22). The van der Waals surface area contributed by atoms with Gasteiger partial charge in [-0.1, -0.05) is 19.3 Å². The minimum atomic E-state index is 0.476. The van der Waals surface area contributed by atoms with Gasteiger partial charge in [-0.05, 0) is 37.5 Å². The summed E-state index contributed by atoms with van der Waals surface area (Å²) in [6.07, 6.45) is 9.55. The molecule has 0 radical (unpaired) electrons. The number of anilines is 1. The highest BCUT2D eigenvalue weighted by molar-refractivity contribution is 7.80. The van der Waals surface area contributed by atoms with Crippen molar-refractivity contribution in [3.63, 3.8) is 0 Å². The van der Waals surface area contributed by atoms with Gasteiger partial charge in [-0.15, -0.1) is 0 Å². The number of pyridine rings is 1. The first-order chi connectivity index (χ1) is 10.8. The number of methoxy groups -OCH3 is 1. The summed E-state index contributed by atoms with van der Waals surface area (Å²) in [5, 5.41) is 6.88. The van der Waals surface area contributed by atoms with Crippen molar-refractivity contribution >= 4 is 23.0 Å². The number of rotatable bonds is 7. The lowest BCUT2D eigenvalue weighted by atomic mass is 9.98. The van der Waals surface area contributed by atoms with Crippen molar-refractivity contribution in [1.29, 1.82) is 0 Å². The highest BCUT2D eigenvalue weighted by Gasteiger charge is 2.12. The Labute approximate surface area is 137 Å². The number of aromatic nitrogens is 1. The number of ether oxygens (including phenoxy) is 2. The molecule has 0 bridgehead atoms. The molecule has 1 fully saturated rings. The second kappa shape index (κ2) is 9.58. The van der Waals surface area contributed by atoms with E-state index in [0.717, 1.165) is 25.3 Å². The van der Waals surface area contributed by atoms with Gasteiger partial charge in [0.25, 0.3) is 0 Å². The summed E-state index contributed by atoms with van der Waals surface area (Å²) in [6, 6.07) is 3.68. The number of nitrogens with zero attached hydrogens (tertiary/aromatic N) is 1. The Morgan fingerprint density at radius 1 is 1.32 bits per heavy atom. The van der Waals surface area contributed by atoms with Crippen LogP contribution < -0.4 is 15.4 Å². The maximum Gasteiger partial charge on any atom is 0.213 e. The molecule has 122 valence electrons. The number of nitrogens with one attached hydrogen (secondary N) is 2. The monoisotopic (exact) mass is 323 g/mol. The van der Waals surface area contributed by atoms with Crippen LogP contribution in [0.2, 0.25) is 0 Å². The molecular weight excluding hydrogens is 298 g/mol. The highest BCUT2D eigenvalue weighted by Crippen LogP contribution is 2.20. The summed E-state index contributed by atoms with van der Waals surface area (Å²) in [5.74, 6) is 0.587. The highest BCUT2D eigenvalue weighted by atomic mass is 32.1. The zero-order valence-corrected chi connectivity index (χ0v) is 14.0. The van der Waals surface area contributed by atoms with Gasteiger partial charge in [0, 0.05) is 19.2 Å². The fraction of sp³-hybridized carbons (Fsp3) is 0.625. The maximum atomic E-state index is 5.88. The second-order valence-corrected chi connectivity index (χ2v) is 5.86. The molecule has 0 atom stereocenters. The Bertz CT molecular complexity index is 447. The molecule has 0 unspecified atom stereocenters. The third-order valence-electron chi connectivity index (χ3n) is 3.72. The van der Waals surface area contributed by atoms with Crippen LogP contribution in [0.3, 0.4) is 0 Å². The van der Waals surface area contributed by atoms with Crippen molar-refractivity contribution in [3.8, 4) is 5.88 Å². The van der Waals surface area contributed by atoms with Crippen molar-refractivity contribution in [1.82, 2.24) is 10.3 Å². The molecule has 0 saturated heterocycles. The molecule has 5 nitrogen and oxygen atoms in total. The van der Waals surface area contributed by atoms with E-state index in [1.54, 1.807) is 19.4 Å². The van der Waals surface area contributed by atoms with Gasteiger partial charge in [-0.25, -0.2) is 4.98 Å². The quantitative estimate of drug-likeness (QED) is 0.594. The van der Waals surface area contributed by atoms with Gasteiger partial charge in [-0.2, -0.15) is 0 Å². The molecule has 0 amide bonds. The van der Waals surface area contributed by atoms with Gasteiger partial charge in [0.2, 0.25) is 5.88 Å². The first-order valence-corrected chi connectivity index (χ1v) is 8.35. The van der Waals surface area contributed by atoms with Crippen LogP contribution in [-0.4, -0.2) is 36.5 Å². The number of hydrogen-bond donors (Lipinski definition) is 2. The fourth-order valence-corrected chi connectivity index (χ4v) is 2.73. The van der Waals surface area contributed by atoms with Gasteiger partial charge in [0.15, 0.2) is 5.11 Å². The summed E-state index contributed by atoms with van der Waals surface area (Å²) in [7, 11) is 1.59. The lowest BCUT2D eigenvalue weighted by Gasteiger charge is -2.22. The van der Waals surface area contributed by atoms with Gasteiger partial charge >= 0.3 is 0 Å². The number of thiocarbonyl (C=S) groups is 1. The van der Waals surface area contributed by atoms with Crippen molar-refractivity contribution in [2.75, 3.05) is 25.6 Å². The molecule has 0 spiro atoms. The summed E-state index contributed by atoms with van der Waals surface area (Å²) in [6.45, 7) is 1.60. The lowest BCUT2D eigenvalue weighted by molar-refractivity contribution is 0.0277. The summed E-state index contributed by atoms with van der Waals surface area (Å²) >= 11 is 5.25. The van der Waals surface area contributed by atoms with E-state index >= 15 is 0 Å². The van der Waals surface area contributed by atoms with Gasteiger partial charge in [-0.3, -0.25) is 0 Å². The van der Waals surface area contributed by atoms with E-state index in [0.29, 0.717) is 17.1 Å². The molecule has 1 saturated carbocycles. The van der Waals surface area contributed by atoms with Crippen molar-refractivity contribution < 1.29 is 9.47 Å². The molecule has 2 N–H and O–H groups in total. The molecule has 2 rings (SSSR count). The van der Waals surface area contributed by atoms with Crippen LogP contribution >= 0.6 is 12.2 Å². The van der Waals surface area contributed by atoms with Gasteiger partial charge in [0.1, 0.15) is 0 Å². The minimum Gasteiger partial charge on any atom is -0.481 e. The van der Waals surface area contributed by atoms with E-state index in [1.807, 2.05) is 6.07 Å².